The summed E-state index contributed by atoms with van der Waals surface area (Å²) in [5, 5.41) is 2.82. The molecule has 3 N–H and O–H groups in total. The van der Waals surface area contributed by atoms with Crippen LogP contribution in [0.5, 0.6) is 0 Å². The second-order valence-electron chi connectivity index (χ2n) is 5.42. The van der Waals surface area contributed by atoms with E-state index in [4.69, 9.17) is 15.2 Å². The van der Waals surface area contributed by atoms with Crippen LogP contribution < -0.4 is 11.1 Å². The molecule has 5 heteroatoms. The molecule has 1 aliphatic rings. The Bertz CT molecular complexity index is 439. The lowest BCUT2D eigenvalue weighted by molar-refractivity contribution is -0.117. The average Bonchev–Trinajstić information content (AvgIpc) is 2.92. The first-order chi connectivity index (χ1) is 9.56. The fraction of sp³-hybridized carbons (Fsp3) is 0.533. The van der Waals surface area contributed by atoms with E-state index < -0.39 is 6.04 Å². The van der Waals surface area contributed by atoms with E-state index in [-0.39, 0.29) is 12.2 Å². The van der Waals surface area contributed by atoms with Crippen LogP contribution in [0.15, 0.2) is 24.3 Å². The quantitative estimate of drug-likeness (QED) is 0.864. The second-order valence-corrected chi connectivity index (χ2v) is 5.42. The molecule has 1 atom stereocenters. The summed E-state index contributed by atoms with van der Waals surface area (Å²) in [6.07, 6.45) is 0.385. The summed E-state index contributed by atoms with van der Waals surface area (Å²) in [5.74, 6) is 0.245. The number of nitrogens with two attached hydrogens (primary N) is 1. The van der Waals surface area contributed by atoms with Crippen LogP contribution in [0.25, 0.3) is 0 Å². The first-order valence-electron chi connectivity index (χ1n) is 6.96. The molecule has 1 heterocycles. The van der Waals surface area contributed by atoms with Crippen LogP contribution in [0.4, 0.5) is 5.69 Å². The Morgan fingerprint density at radius 1 is 1.30 bits per heavy atom. The summed E-state index contributed by atoms with van der Waals surface area (Å²) in [4.78, 5) is 11.9. The Kier molecular flexibility index (Phi) is 5.11. The lowest BCUT2D eigenvalue weighted by atomic mass is 10.0. The van der Waals surface area contributed by atoms with Gasteiger partial charge in [-0.2, -0.15) is 0 Å². The molecule has 1 fully saturated rings. The van der Waals surface area contributed by atoms with Crippen LogP contribution in [0.3, 0.4) is 0 Å². The maximum atomic E-state index is 11.9. The molecule has 0 aliphatic carbocycles. The number of benzene rings is 1. The van der Waals surface area contributed by atoms with E-state index in [1.807, 2.05) is 38.1 Å². The van der Waals surface area contributed by atoms with Gasteiger partial charge in [-0.05, 0) is 24.5 Å². The van der Waals surface area contributed by atoms with Crippen molar-refractivity contribution in [1.82, 2.24) is 0 Å². The Hall–Kier alpha value is -1.43. The predicted octanol–water partition coefficient (Wildman–Crippen LogP) is 2.04. The van der Waals surface area contributed by atoms with Gasteiger partial charge < -0.3 is 20.5 Å². The summed E-state index contributed by atoms with van der Waals surface area (Å²) in [5.41, 5.74) is 7.53. The van der Waals surface area contributed by atoms with Gasteiger partial charge in [-0.25, -0.2) is 0 Å². The van der Waals surface area contributed by atoms with E-state index in [9.17, 15) is 4.79 Å². The van der Waals surface area contributed by atoms with E-state index in [2.05, 4.69) is 5.32 Å². The lowest BCUT2D eigenvalue weighted by Gasteiger charge is -2.15. The highest BCUT2D eigenvalue weighted by Gasteiger charge is 2.18. The number of carbonyl (C=O) groups excluding carboxylic acids is 1. The maximum Gasteiger partial charge on any atom is 0.241 e. The van der Waals surface area contributed by atoms with Crippen molar-refractivity contribution in [2.45, 2.75) is 32.6 Å². The number of rotatable bonds is 5. The molecule has 1 unspecified atom stereocenters. The van der Waals surface area contributed by atoms with Crippen molar-refractivity contribution in [1.29, 1.82) is 0 Å². The van der Waals surface area contributed by atoms with Gasteiger partial charge in [-0.3, -0.25) is 4.79 Å². The number of anilines is 1. The molecule has 1 saturated heterocycles. The largest absolute Gasteiger partial charge is 0.346 e. The molecule has 5 nitrogen and oxygen atoms in total. The second kappa shape index (κ2) is 6.83. The summed E-state index contributed by atoms with van der Waals surface area (Å²) in [6, 6.07) is 6.97. The minimum Gasteiger partial charge on any atom is -0.346 e. The van der Waals surface area contributed by atoms with Crippen molar-refractivity contribution in [3.63, 3.8) is 0 Å². The minimum atomic E-state index is -0.476. The Morgan fingerprint density at radius 2 is 1.90 bits per heavy atom. The molecular formula is C15H22N2O3. The van der Waals surface area contributed by atoms with Gasteiger partial charge in [0.05, 0.1) is 19.3 Å². The number of amides is 1. The maximum absolute atomic E-state index is 11.9. The molecule has 110 valence electrons. The molecule has 1 aliphatic heterocycles. The summed E-state index contributed by atoms with van der Waals surface area (Å²) < 4.78 is 10.8. The first-order valence-corrected chi connectivity index (χ1v) is 6.96. The van der Waals surface area contributed by atoms with Gasteiger partial charge in [0.2, 0.25) is 5.91 Å². The van der Waals surface area contributed by atoms with Crippen LogP contribution in [0.1, 0.15) is 32.1 Å². The monoisotopic (exact) mass is 278 g/mol. The highest BCUT2D eigenvalue weighted by molar-refractivity contribution is 5.94. The third-order valence-electron chi connectivity index (χ3n) is 3.13. The molecule has 1 amide bonds. The molecule has 0 radical (unpaired) electrons. The molecule has 0 spiro atoms. The zero-order chi connectivity index (χ0) is 14.5. The number of nitrogens with one attached hydrogen (secondary N) is 1. The van der Waals surface area contributed by atoms with E-state index in [1.54, 1.807) is 0 Å². The summed E-state index contributed by atoms with van der Waals surface area (Å²) >= 11 is 0. The minimum absolute atomic E-state index is 0.153. The van der Waals surface area contributed by atoms with Crippen molar-refractivity contribution < 1.29 is 14.3 Å². The zero-order valence-corrected chi connectivity index (χ0v) is 12.0. The predicted molar refractivity (Wildman–Crippen MR) is 77.1 cm³/mol. The molecule has 0 bridgehead atoms. The average molecular weight is 278 g/mol. The fourth-order valence-corrected chi connectivity index (χ4v) is 2.12. The van der Waals surface area contributed by atoms with E-state index in [1.165, 1.54) is 0 Å². The number of hydrogen-bond acceptors (Lipinski definition) is 4. The van der Waals surface area contributed by atoms with Crippen LogP contribution in [-0.4, -0.2) is 25.2 Å². The molecule has 0 aromatic heterocycles. The molecule has 1 aromatic carbocycles. The third-order valence-corrected chi connectivity index (χ3v) is 3.13. The Morgan fingerprint density at radius 3 is 2.45 bits per heavy atom. The third kappa shape index (κ3) is 4.03. The van der Waals surface area contributed by atoms with E-state index >= 15 is 0 Å². The zero-order valence-electron chi connectivity index (χ0n) is 12.0. The van der Waals surface area contributed by atoms with E-state index in [0.29, 0.717) is 25.6 Å². The van der Waals surface area contributed by atoms with Crippen molar-refractivity contribution in [2.24, 2.45) is 11.7 Å². The van der Waals surface area contributed by atoms with E-state index in [0.717, 1.165) is 11.3 Å². The van der Waals surface area contributed by atoms with Gasteiger partial charge >= 0.3 is 0 Å². The standard InChI is InChI=1S/C15H22N2O3/c1-10(2)9-13(16)14(18)17-12-5-3-11(4-6-12)15-19-7-8-20-15/h3-6,10,13,15H,7-9,16H2,1-2H3,(H,17,18). The Labute approximate surface area is 119 Å². The normalized spacial score (nSPS) is 17.4. The molecular weight excluding hydrogens is 256 g/mol. The van der Waals surface area contributed by atoms with Crippen molar-refractivity contribution in [3.8, 4) is 0 Å². The summed E-state index contributed by atoms with van der Waals surface area (Å²) in [7, 11) is 0. The Balaban J connectivity index is 1.91. The molecule has 2 rings (SSSR count). The highest BCUT2D eigenvalue weighted by atomic mass is 16.7. The van der Waals surface area contributed by atoms with Crippen LogP contribution in [-0.2, 0) is 14.3 Å². The van der Waals surface area contributed by atoms with Gasteiger partial charge in [0.25, 0.3) is 0 Å². The van der Waals surface area contributed by atoms with Crippen molar-refractivity contribution in [3.05, 3.63) is 29.8 Å². The highest BCUT2D eigenvalue weighted by Crippen LogP contribution is 2.24. The van der Waals surface area contributed by atoms with Crippen molar-refractivity contribution in [2.75, 3.05) is 18.5 Å². The molecule has 0 saturated carbocycles. The number of hydrogen-bond donors (Lipinski definition) is 2. The lowest BCUT2D eigenvalue weighted by Crippen LogP contribution is -2.36. The summed E-state index contributed by atoms with van der Waals surface area (Å²) in [6.45, 7) is 5.33. The van der Waals surface area contributed by atoms with Crippen molar-refractivity contribution >= 4 is 11.6 Å². The smallest absolute Gasteiger partial charge is 0.241 e. The van der Waals surface area contributed by atoms with Gasteiger partial charge in [-0.15, -0.1) is 0 Å². The van der Waals surface area contributed by atoms with Crippen LogP contribution in [0, 0.1) is 5.92 Å². The van der Waals surface area contributed by atoms with Gasteiger partial charge in [0.1, 0.15) is 0 Å². The topological polar surface area (TPSA) is 73.6 Å². The SMILES string of the molecule is CC(C)CC(N)C(=O)Nc1ccc(C2OCCO2)cc1. The fourth-order valence-electron chi connectivity index (χ4n) is 2.12. The first kappa shape index (κ1) is 15.0. The number of ether oxygens (including phenoxy) is 2. The molecule has 1 aromatic rings. The van der Waals surface area contributed by atoms with Crippen LogP contribution in [0.2, 0.25) is 0 Å². The number of carbonyl (C=O) groups is 1. The van der Waals surface area contributed by atoms with Gasteiger partial charge in [0, 0.05) is 11.3 Å². The molecule has 20 heavy (non-hydrogen) atoms. The van der Waals surface area contributed by atoms with Gasteiger partial charge in [0.15, 0.2) is 6.29 Å². The van der Waals surface area contributed by atoms with Crippen LogP contribution >= 0.6 is 0 Å². The van der Waals surface area contributed by atoms with Gasteiger partial charge in [-0.1, -0.05) is 26.0 Å².